The Bertz CT molecular complexity index is 376. The Kier molecular flexibility index (Phi) is 3.63. The first-order chi connectivity index (χ1) is 6.95. The zero-order valence-electron chi connectivity index (χ0n) is 9.85. The molecule has 0 aliphatic heterocycles. The minimum atomic E-state index is -0.107. The SMILES string of the molecule is CCNCc1cc(C(C)(C)C)n[nH]c1=O. The van der Waals surface area contributed by atoms with E-state index in [-0.39, 0.29) is 11.0 Å². The first-order valence-electron chi connectivity index (χ1n) is 5.25. The van der Waals surface area contributed by atoms with Gasteiger partial charge in [-0.3, -0.25) is 4.79 Å². The van der Waals surface area contributed by atoms with Crippen LogP contribution in [0.5, 0.6) is 0 Å². The van der Waals surface area contributed by atoms with Crippen LogP contribution in [0.1, 0.15) is 39.0 Å². The molecular weight excluding hydrogens is 190 g/mol. The van der Waals surface area contributed by atoms with Crippen LogP contribution in [0.2, 0.25) is 0 Å². The summed E-state index contributed by atoms with van der Waals surface area (Å²) in [6.45, 7) is 9.68. The number of aromatic nitrogens is 2. The van der Waals surface area contributed by atoms with Crippen molar-refractivity contribution in [3.05, 3.63) is 27.7 Å². The molecule has 0 bridgehead atoms. The van der Waals surface area contributed by atoms with Crippen molar-refractivity contribution in [2.24, 2.45) is 0 Å². The number of hydrogen-bond donors (Lipinski definition) is 2. The van der Waals surface area contributed by atoms with Crippen LogP contribution in [0.25, 0.3) is 0 Å². The van der Waals surface area contributed by atoms with Crippen molar-refractivity contribution in [2.45, 2.75) is 39.7 Å². The van der Waals surface area contributed by atoms with Crippen LogP contribution < -0.4 is 10.9 Å². The summed E-state index contributed by atoms with van der Waals surface area (Å²) < 4.78 is 0. The minimum absolute atomic E-state index is 0.0365. The molecule has 0 amide bonds. The summed E-state index contributed by atoms with van der Waals surface area (Å²) in [5.41, 5.74) is 1.52. The topological polar surface area (TPSA) is 57.8 Å². The van der Waals surface area contributed by atoms with Crippen LogP contribution >= 0.6 is 0 Å². The van der Waals surface area contributed by atoms with Crippen LogP contribution in [-0.4, -0.2) is 16.7 Å². The Labute approximate surface area is 90.1 Å². The highest BCUT2D eigenvalue weighted by Crippen LogP contribution is 2.18. The van der Waals surface area contributed by atoms with Crippen molar-refractivity contribution in [3.8, 4) is 0 Å². The fourth-order valence-corrected chi connectivity index (χ4v) is 1.22. The van der Waals surface area contributed by atoms with Gasteiger partial charge in [0.2, 0.25) is 0 Å². The van der Waals surface area contributed by atoms with Gasteiger partial charge in [-0.2, -0.15) is 5.10 Å². The first-order valence-corrected chi connectivity index (χ1v) is 5.25. The summed E-state index contributed by atoms with van der Waals surface area (Å²) in [7, 11) is 0. The molecule has 0 atom stereocenters. The summed E-state index contributed by atoms with van der Waals surface area (Å²) in [6.07, 6.45) is 0. The van der Waals surface area contributed by atoms with Gasteiger partial charge in [-0.25, -0.2) is 5.10 Å². The molecule has 4 nitrogen and oxygen atoms in total. The number of nitrogens with one attached hydrogen (secondary N) is 2. The lowest BCUT2D eigenvalue weighted by atomic mass is 9.91. The molecule has 0 fully saturated rings. The lowest BCUT2D eigenvalue weighted by Crippen LogP contribution is -2.25. The van der Waals surface area contributed by atoms with Gasteiger partial charge in [-0.15, -0.1) is 0 Å². The third-order valence-electron chi connectivity index (χ3n) is 2.21. The predicted octanol–water partition coefficient (Wildman–Crippen LogP) is 1.18. The van der Waals surface area contributed by atoms with E-state index in [1.807, 2.05) is 13.0 Å². The lowest BCUT2D eigenvalue weighted by Gasteiger charge is -2.17. The molecule has 0 aliphatic rings. The van der Waals surface area contributed by atoms with Gasteiger partial charge in [-0.05, 0) is 12.6 Å². The van der Waals surface area contributed by atoms with Crippen molar-refractivity contribution < 1.29 is 0 Å². The molecule has 0 spiro atoms. The lowest BCUT2D eigenvalue weighted by molar-refractivity contribution is 0.553. The zero-order valence-corrected chi connectivity index (χ0v) is 9.85. The number of aromatic amines is 1. The van der Waals surface area contributed by atoms with Crippen molar-refractivity contribution in [1.82, 2.24) is 15.5 Å². The summed E-state index contributed by atoms with van der Waals surface area (Å²) in [5, 5.41) is 9.73. The molecule has 15 heavy (non-hydrogen) atoms. The predicted molar refractivity (Wildman–Crippen MR) is 60.9 cm³/mol. The van der Waals surface area contributed by atoms with E-state index >= 15 is 0 Å². The highest BCUT2D eigenvalue weighted by molar-refractivity contribution is 5.18. The van der Waals surface area contributed by atoms with Gasteiger partial charge < -0.3 is 5.32 Å². The van der Waals surface area contributed by atoms with Gasteiger partial charge in [0.25, 0.3) is 5.56 Å². The molecule has 1 heterocycles. The maximum absolute atomic E-state index is 11.4. The highest BCUT2D eigenvalue weighted by Gasteiger charge is 2.16. The van der Waals surface area contributed by atoms with Gasteiger partial charge in [0.05, 0.1) is 5.69 Å². The molecule has 0 saturated carbocycles. The van der Waals surface area contributed by atoms with Crippen molar-refractivity contribution in [2.75, 3.05) is 6.54 Å². The molecule has 0 aliphatic carbocycles. The summed E-state index contributed by atoms with van der Waals surface area (Å²) in [6, 6.07) is 1.88. The van der Waals surface area contributed by atoms with Crippen LogP contribution in [0.3, 0.4) is 0 Å². The molecule has 84 valence electrons. The van der Waals surface area contributed by atoms with Gasteiger partial charge in [-0.1, -0.05) is 27.7 Å². The van der Waals surface area contributed by atoms with E-state index in [0.717, 1.165) is 17.8 Å². The molecule has 1 aromatic heterocycles. The third-order valence-corrected chi connectivity index (χ3v) is 2.21. The highest BCUT2D eigenvalue weighted by atomic mass is 16.1. The number of nitrogens with zero attached hydrogens (tertiary/aromatic N) is 1. The second kappa shape index (κ2) is 4.57. The van der Waals surface area contributed by atoms with Crippen molar-refractivity contribution in [1.29, 1.82) is 0 Å². The van der Waals surface area contributed by atoms with Gasteiger partial charge in [0.15, 0.2) is 0 Å². The molecule has 2 N–H and O–H groups in total. The first kappa shape index (κ1) is 11.9. The van der Waals surface area contributed by atoms with Crippen molar-refractivity contribution >= 4 is 0 Å². The Morgan fingerprint density at radius 2 is 2.13 bits per heavy atom. The Hall–Kier alpha value is -1.16. The summed E-state index contributed by atoms with van der Waals surface area (Å²) in [4.78, 5) is 11.4. The zero-order chi connectivity index (χ0) is 11.5. The maximum atomic E-state index is 11.4. The average Bonchev–Trinajstić information content (AvgIpc) is 2.15. The normalized spacial score (nSPS) is 11.7. The number of hydrogen-bond acceptors (Lipinski definition) is 3. The second-order valence-electron chi connectivity index (χ2n) is 4.64. The molecule has 0 aromatic carbocycles. The fraction of sp³-hybridized carbons (Fsp3) is 0.636. The Balaban J connectivity index is 3.01. The number of rotatable bonds is 3. The van der Waals surface area contributed by atoms with E-state index in [0.29, 0.717) is 6.54 Å². The molecular formula is C11H19N3O. The van der Waals surface area contributed by atoms with E-state index in [1.54, 1.807) is 0 Å². The largest absolute Gasteiger partial charge is 0.313 e. The van der Waals surface area contributed by atoms with Crippen molar-refractivity contribution in [3.63, 3.8) is 0 Å². The molecule has 0 radical (unpaired) electrons. The van der Waals surface area contributed by atoms with Gasteiger partial charge in [0.1, 0.15) is 0 Å². The fourth-order valence-electron chi connectivity index (χ4n) is 1.22. The Morgan fingerprint density at radius 3 is 2.67 bits per heavy atom. The summed E-state index contributed by atoms with van der Waals surface area (Å²) >= 11 is 0. The smallest absolute Gasteiger partial charge is 0.268 e. The minimum Gasteiger partial charge on any atom is -0.313 e. The summed E-state index contributed by atoms with van der Waals surface area (Å²) in [5.74, 6) is 0. The van der Waals surface area contributed by atoms with Gasteiger partial charge >= 0.3 is 0 Å². The maximum Gasteiger partial charge on any atom is 0.268 e. The monoisotopic (exact) mass is 209 g/mol. The van der Waals surface area contributed by atoms with Crippen LogP contribution in [0.15, 0.2) is 10.9 Å². The molecule has 0 saturated heterocycles. The van der Waals surface area contributed by atoms with Crippen LogP contribution in [0, 0.1) is 0 Å². The number of H-pyrrole nitrogens is 1. The third kappa shape index (κ3) is 3.16. The van der Waals surface area contributed by atoms with E-state index in [1.165, 1.54) is 0 Å². The quantitative estimate of drug-likeness (QED) is 0.786. The molecule has 4 heteroatoms. The van der Waals surface area contributed by atoms with Gasteiger partial charge in [0, 0.05) is 17.5 Å². The van der Waals surface area contributed by atoms with E-state index in [2.05, 4.69) is 36.3 Å². The van der Waals surface area contributed by atoms with E-state index in [9.17, 15) is 4.79 Å². The molecule has 1 rings (SSSR count). The molecule has 0 unspecified atom stereocenters. The standard InChI is InChI=1S/C11H19N3O/c1-5-12-7-8-6-9(11(2,3)4)13-14-10(8)15/h6,12H,5,7H2,1-4H3,(H,14,15). The average molecular weight is 209 g/mol. The molecule has 1 aromatic rings. The Morgan fingerprint density at radius 1 is 1.47 bits per heavy atom. The second-order valence-corrected chi connectivity index (χ2v) is 4.64. The van der Waals surface area contributed by atoms with E-state index in [4.69, 9.17) is 0 Å². The van der Waals surface area contributed by atoms with Crippen LogP contribution in [0.4, 0.5) is 0 Å². The van der Waals surface area contributed by atoms with E-state index < -0.39 is 0 Å². The van der Waals surface area contributed by atoms with Crippen LogP contribution in [-0.2, 0) is 12.0 Å².